The molecule has 6 rings (SSSR count). The number of aromatic nitrogens is 5. The maximum absolute atomic E-state index is 14.6. The molecule has 1 aliphatic rings. The monoisotopic (exact) mass is 507 g/mol. The summed E-state index contributed by atoms with van der Waals surface area (Å²) < 4.78 is 16.6. The highest BCUT2D eigenvalue weighted by Gasteiger charge is 2.15. The lowest BCUT2D eigenvalue weighted by atomic mass is 9.99. The highest BCUT2D eigenvalue weighted by molar-refractivity contribution is 5.95. The molecule has 1 saturated heterocycles. The van der Waals surface area contributed by atoms with Crippen LogP contribution < -0.4 is 0 Å². The zero-order valence-electron chi connectivity index (χ0n) is 21.5. The summed E-state index contributed by atoms with van der Waals surface area (Å²) in [6.07, 6.45) is 10.4. The molecule has 0 spiro atoms. The van der Waals surface area contributed by atoms with Gasteiger partial charge in [0.2, 0.25) is 0 Å². The number of nitrogens with zero attached hydrogens (tertiary/aromatic N) is 7. The van der Waals surface area contributed by atoms with Gasteiger partial charge in [-0.1, -0.05) is 12.1 Å². The summed E-state index contributed by atoms with van der Waals surface area (Å²) in [5.74, 6) is -0.312. The van der Waals surface area contributed by atoms with Crippen molar-refractivity contribution in [2.45, 2.75) is 13.0 Å². The highest BCUT2D eigenvalue weighted by atomic mass is 19.1. The topological polar surface area (TPSA) is 63.0 Å². The Morgan fingerprint density at radius 2 is 1.68 bits per heavy atom. The van der Waals surface area contributed by atoms with Crippen LogP contribution in [-0.2, 0) is 6.54 Å². The molecule has 0 N–H and O–H groups in total. The van der Waals surface area contributed by atoms with Crippen LogP contribution in [0.5, 0.6) is 0 Å². The molecule has 0 radical (unpaired) electrons. The van der Waals surface area contributed by atoms with Crippen molar-refractivity contribution in [2.24, 2.45) is 0 Å². The first kappa shape index (κ1) is 24.3. The van der Waals surface area contributed by atoms with Crippen molar-refractivity contribution in [3.8, 4) is 33.5 Å². The average molecular weight is 508 g/mol. The zero-order valence-corrected chi connectivity index (χ0v) is 21.5. The van der Waals surface area contributed by atoms with Crippen molar-refractivity contribution in [1.82, 2.24) is 34.5 Å². The van der Waals surface area contributed by atoms with Gasteiger partial charge in [0, 0.05) is 85.2 Å². The summed E-state index contributed by atoms with van der Waals surface area (Å²) in [6.45, 7) is 6.52. The van der Waals surface area contributed by atoms with E-state index in [1.54, 1.807) is 18.3 Å². The summed E-state index contributed by atoms with van der Waals surface area (Å²) in [5.41, 5.74) is 5.39. The summed E-state index contributed by atoms with van der Waals surface area (Å²) in [5, 5.41) is 5.50. The van der Waals surface area contributed by atoms with Crippen LogP contribution >= 0.6 is 0 Å². The smallest absolute Gasteiger partial charge is 0.160 e. The molecule has 0 atom stereocenters. The molecule has 38 heavy (non-hydrogen) atoms. The van der Waals surface area contributed by atoms with E-state index >= 15 is 0 Å². The standard InChI is InChI=1S/C30H30FN7/c1-36-12-14-37(15-13-36)10-5-11-38-21-24(20-34-38)22-16-23(19-32-18-22)27-17-29(26-6-2-3-8-28(26)31)35-30-25(27)7-4-9-33-30/h2-4,6-9,16-21H,5,10-15H2,1H3. The SMILES string of the molecule is CN1CCN(CCCn2cc(-c3cncc(-c4cc(-c5ccccc5F)nc5ncccc45)c3)cn2)CC1. The van der Waals surface area contributed by atoms with Crippen LogP contribution in [0.3, 0.4) is 0 Å². The Hall–Kier alpha value is -4.01. The number of aryl methyl sites for hydroxylation is 1. The largest absolute Gasteiger partial charge is 0.304 e. The van der Waals surface area contributed by atoms with Gasteiger partial charge in [-0.3, -0.25) is 9.67 Å². The lowest BCUT2D eigenvalue weighted by Gasteiger charge is -2.32. The van der Waals surface area contributed by atoms with Crippen molar-refractivity contribution in [3.05, 3.63) is 85.3 Å². The minimum Gasteiger partial charge on any atom is -0.304 e. The summed E-state index contributed by atoms with van der Waals surface area (Å²) in [6, 6.07) is 14.6. The van der Waals surface area contributed by atoms with Crippen molar-refractivity contribution in [1.29, 1.82) is 0 Å². The number of benzene rings is 1. The van der Waals surface area contributed by atoms with Crippen molar-refractivity contribution in [2.75, 3.05) is 39.8 Å². The first-order valence-electron chi connectivity index (χ1n) is 13.0. The molecular formula is C30H30FN7. The molecule has 192 valence electrons. The van der Waals surface area contributed by atoms with Gasteiger partial charge in [0.1, 0.15) is 5.82 Å². The van der Waals surface area contributed by atoms with E-state index in [0.29, 0.717) is 16.9 Å². The van der Waals surface area contributed by atoms with Gasteiger partial charge in [-0.2, -0.15) is 5.10 Å². The lowest BCUT2D eigenvalue weighted by Crippen LogP contribution is -2.44. The van der Waals surface area contributed by atoms with Crippen molar-refractivity contribution < 1.29 is 4.39 Å². The van der Waals surface area contributed by atoms with Crippen LogP contribution in [-0.4, -0.2) is 74.3 Å². The third-order valence-electron chi connectivity index (χ3n) is 7.21. The minimum atomic E-state index is -0.312. The van der Waals surface area contributed by atoms with E-state index in [4.69, 9.17) is 0 Å². The zero-order chi connectivity index (χ0) is 25.9. The predicted octanol–water partition coefficient (Wildman–Crippen LogP) is 5.00. The van der Waals surface area contributed by atoms with E-state index in [1.165, 1.54) is 6.07 Å². The number of halogens is 1. The molecule has 0 bridgehead atoms. The molecule has 5 heterocycles. The molecule has 7 nitrogen and oxygen atoms in total. The molecular weight excluding hydrogens is 477 g/mol. The lowest BCUT2D eigenvalue weighted by molar-refractivity contribution is 0.151. The fraction of sp³-hybridized carbons (Fsp3) is 0.267. The Bertz CT molecular complexity index is 1560. The van der Waals surface area contributed by atoms with Gasteiger partial charge in [0.25, 0.3) is 0 Å². The fourth-order valence-corrected chi connectivity index (χ4v) is 5.01. The van der Waals surface area contributed by atoms with Crippen LogP contribution in [0.15, 0.2) is 79.5 Å². The van der Waals surface area contributed by atoms with Crippen molar-refractivity contribution >= 4 is 11.0 Å². The maximum atomic E-state index is 14.6. The van der Waals surface area contributed by atoms with Crippen LogP contribution in [0.2, 0.25) is 0 Å². The first-order valence-corrected chi connectivity index (χ1v) is 13.0. The van der Waals surface area contributed by atoms with Crippen molar-refractivity contribution in [3.63, 3.8) is 0 Å². The number of fused-ring (bicyclic) bond motifs is 1. The number of hydrogen-bond acceptors (Lipinski definition) is 6. The molecule has 4 aromatic heterocycles. The van der Waals surface area contributed by atoms with Gasteiger partial charge >= 0.3 is 0 Å². The van der Waals surface area contributed by atoms with Gasteiger partial charge in [-0.05, 0) is 62.0 Å². The van der Waals surface area contributed by atoms with Gasteiger partial charge in [0.15, 0.2) is 5.65 Å². The van der Waals surface area contributed by atoms with E-state index in [1.807, 2.05) is 47.5 Å². The average Bonchev–Trinajstić information content (AvgIpc) is 3.43. The quantitative estimate of drug-likeness (QED) is 0.309. The van der Waals surface area contributed by atoms with Gasteiger partial charge in [-0.15, -0.1) is 0 Å². The van der Waals surface area contributed by atoms with Crippen LogP contribution in [0.4, 0.5) is 4.39 Å². The van der Waals surface area contributed by atoms with E-state index in [-0.39, 0.29) is 5.82 Å². The summed E-state index contributed by atoms with van der Waals surface area (Å²) >= 11 is 0. The number of pyridine rings is 3. The number of piperazine rings is 1. The Kier molecular flexibility index (Phi) is 6.90. The van der Waals surface area contributed by atoms with Gasteiger partial charge < -0.3 is 9.80 Å². The van der Waals surface area contributed by atoms with Gasteiger partial charge in [0.05, 0.1) is 11.9 Å². The third-order valence-corrected chi connectivity index (χ3v) is 7.21. The molecule has 1 fully saturated rings. The normalized spacial score (nSPS) is 14.8. The molecule has 0 amide bonds. The number of hydrogen-bond donors (Lipinski definition) is 0. The Labute approximate surface area is 221 Å². The summed E-state index contributed by atoms with van der Waals surface area (Å²) in [4.78, 5) is 18.6. The predicted molar refractivity (Wildman–Crippen MR) is 148 cm³/mol. The van der Waals surface area contributed by atoms with E-state index in [9.17, 15) is 4.39 Å². The van der Waals surface area contributed by atoms with Crippen LogP contribution in [0.1, 0.15) is 6.42 Å². The third kappa shape index (κ3) is 5.18. The van der Waals surface area contributed by atoms with Crippen LogP contribution in [0, 0.1) is 5.82 Å². The molecule has 0 saturated carbocycles. The Morgan fingerprint density at radius 3 is 2.55 bits per heavy atom. The number of likely N-dealkylation sites (N-methyl/N-ethyl adjacent to an activating group) is 1. The minimum absolute atomic E-state index is 0.312. The Balaban J connectivity index is 1.26. The molecule has 0 unspecified atom stereocenters. The molecule has 0 aliphatic carbocycles. The molecule has 1 aliphatic heterocycles. The molecule has 1 aromatic carbocycles. The number of rotatable bonds is 7. The molecule has 5 aromatic rings. The Morgan fingerprint density at radius 1 is 0.842 bits per heavy atom. The first-order chi connectivity index (χ1) is 18.6. The molecule has 8 heteroatoms. The van der Waals surface area contributed by atoms with Gasteiger partial charge in [-0.25, -0.2) is 14.4 Å². The highest BCUT2D eigenvalue weighted by Crippen LogP contribution is 2.33. The second-order valence-electron chi connectivity index (χ2n) is 9.86. The summed E-state index contributed by atoms with van der Waals surface area (Å²) in [7, 11) is 2.18. The van der Waals surface area contributed by atoms with E-state index in [0.717, 1.165) is 73.3 Å². The second kappa shape index (κ2) is 10.8. The maximum Gasteiger partial charge on any atom is 0.160 e. The second-order valence-corrected chi connectivity index (χ2v) is 9.86. The van der Waals surface area contributed by atoms with E-state index in [2.05, 4.69) is 49.2 Å². The van der Waals surface area contributed by atoms with Crippen LogP contribution in [0.25, 0.3) is 44.5 Å². The van der Waals surface area contributed by atoms with E-state index < -0.39 is 0 Å². The fourth-order valence-electron chi connectivity index (χ4n) is 5.01.